The van der Waals surface area contributed by atoms with Gasteiger partial charge in [-0.3, -0.25) is 0 Å². The Kier molecular flexibility index (Phi) is 6.59. The van der Waals surface area contributed by atoms with Crippen molar-refractivity contribution in [2.75, 3.05) is 12.3 Å². The normalized spacial score (nSPS) is 13.0. The van der Waals surface area contributed by atoms with Gasteiger partial charge < -0.3 is 5.32 Å². The predicted molar refractivity (Wildman–Crippen MR) is 97.3 cm³/mol. The van der Waals surface area contributed by atoms with E-state index in [1.165, 1.54) is 28.5 Å². The minimum Gasteiger partial charge on any atom is -0.313 e. The number of benzene rings is 2. The molecule has 1 atom stereocenters. The molecule has 114 valence electrons. The van der Waals surface area contributed by atoms with Crippen molar-refractivity contribution in [2.45, 2.75) is 44.9 Å². The molecule has 2 aromatic carbocycles. The van der Waals surface area contributed by atoms with E-state index in [9.17, 15) is 0 Å². The van der Waals surface area contributed by atoms with Gasteiger partial charge in [0.05, 0.1) is 0 Å². The molecule has 1 unspecified atom stereocenters. The van der Waals surface area contributed by atoms with Gasteiger partial charge in [0, 0.05) is 11.8 Å². The van der Waals surface area contributed by atoms with E-state index < -0.39 is 0 Å². The average molecular weight is 301 g/mol. The van der Waals surface area contributed by atoms with Crippen molar-refractivity contribution in [1.29, 1.82) is 0 Å². The van der Waals surface area contributed by atoms with Gasteiger partial charge in [-0.25, -0.2) is 0 Å². The molecule has 0 spiro atoms. The second kappa shape index (κ2) is 8.45. The SMILES string of the molecule is CCCNC(CSC(C)C)Cc1cccc2ccccc12. The quantitative estimate of drug-likeness (QED) is 0.745. The molecule has 0 saturated carbocycles. The van der Waals surface area contributed by atoms with Crippen LogP contribution in [0.4, 0.5) is 0 Å². The second-order valence-electron chi connectivity index (χ2n) is 5.88. The first-order valence-corrected chi connectivity index (χ1v) is 9.07. The van der Waals surface area contributed by atoms with Crippen LogP contribution in [-0.4, -0.2) is 23.6 Å². The highest BCUT2D eigenvalue weighted by molar-refractivity contribution is 7.99. The zero-order chi connectivity index (χ0) is 15.1. The van der Waals surface area contributed by atoms with Crippen LogP contribution in [0.25, 0.3) is 10.8 Å². The minimum atomic E-state index is 0.558. The Morgan fingerprint density at radius 3 is 2.57 bits per heavy atom. The predicted octanol–water partition coefficient (Wildman–Crippen LogP) is 4.89. The maximum Gasteiger partial charge on any atom is 0.0198 e. The molecule has 2 rings (SSSR count). The van der Waals surface area contributed by atoms with E-state index >= 15 is 0 Å². The fraction of sp³-hybridized carbons (Fsp3) is 0.474. The molecular weight excluding hydrogens is 274 g/mol. The van der Waals surface area contributed by atoms with Crippen LogP contribution < -0.4 is 5.32 Å². The molecule has 1 N–H and O–H groups in total. The van der Waals surface area contributed by atoms with E-state index in [0.29, 0.717) is 11.3 Å². The molecule has 0 bridgehead atoms. The van der Waals surface area contributed by atoms with E-state index in [2.05, 4.69) is 80.3 Å². The summed E-state index contributed by atoms with van der Waals surface area (Å²) in [5.41, 5.74) is 1.46. The van der Waals surface area contributed by atoms with Gasteiger partial charge in [0.25, 0.3) is 0 Å². The summed E-state index contributed by atoms with van der Waals surface area (Å²) in [4.78, 5) is 0. The van der Waals surface area contributed by atoms with E-state index in [1.807, 2.05) is 0 Å². The minimum absolute atomic E-state index is 0.558. The molecular formula is C19H27NS. The summed E-state index contributed by atoms with van der Waals surface area (Å²) in [6.07, 6.45) is 2.31. The fourth-order valence-corrected chi connectivity index (χ4v) is 3.44. The van der Waals surface area contributed by atoms with E-state index in [0.717, 1.165) is 13.0 Å². The Labute approximate surface area is 133 Å². The van der Waals surface area contributed by atoms with Gasteiger partial charge in [-0.05, 0) is 41.0 Å². The standard InChI is InChI=1S/C19H27NS/c1-4-12-20-18(14-21-15(2)3)13-17-10-7-9-16-8-5-6-11-19(16)17/h5-11,15,18,20H,4,12-14H2,1-3H3. The van der Waals surface area contributed by atoms with Crippen LogP contribution in [0, 0.1) is 0 Å². The van der Waals surface area contributed by atoms with E-state index in [-0.39, 0.29) is 0 Å². The maximum absolute atomic E-state index is 3.72. The number of rotatable bonds is 8. The third-order valence-electron chi connectivity index (χ3n) is 3.66. The summed E-state index contributed by atoms with van der Waals surface area (Å²) in [6, 6.07) is 15.9. The average Bonchev–Trinajstić information content (AvgIpc) is 2.50. The third-order valence-corrected chi connectivity index (χ3v) is 4.92. The Morgan fingerprint density at radius 1 is 1.05 bits per heavy atom. The highest BCUT2D eigenvalue weighted by atomic mass is 32.2. The highest BCUT2D eigenvalue weighted by Crippen LogP contribution is 2.21. The van der Waals surface area contributed by atoms with Crippen LogP contribution in [0.5, 0.6) is 0 Å². The smallest absolute Gasteiger partial charge is 0.0198 e. The van der Waals surface area contributed by atoms with E-state index in [4.69, 9.17) is 0 Å². The third kappa shape index (κ3) is 5.05. The largest absolute Gasteiger partial charge is 0.313 e. The zero-order valence-corrected chi connectivity index (χ0v) is 14.2. The number of thioether (sulfide) groups is 1. The van der Waals surface area contributed by atoms with Crippen molar-refractivity contribution in [1.82, 2.24) is 5.32 Å². The molecule has 0 aliphatic heterocycles. The first kappa shape index (κ1) is 16.4. The lowest BCUT2D eigenvalue weighted by Crippen LogP contribution is -2.34. The van der Waals surface area contributed by atoms with Gasteiger partial charge in [0.2, 0.25) is 0 Å². The molecule has 0 aromatic heterocycles. The molecule has 2 heteroatoms. The number of hydrogen-bond acceptors (Lipinski definition) is 2. The molecule has 2 aromatic rings. The Balaban J connectivity index is 2.13. The fourth-order valence-electron chi connectivity index (χ4n) is 2.58. The van der Waals surface area contributed by atoms with Gasteiger partial charge in [-0.15, -0.1) is 0 Å². The molecule has 0 aliphatic carbocycles. The monoisotopic (exact) mass is 301 g/mol. The summed E-state index contributed by atoms with van der Waals surface area (Å²) >= 11 is 2.05. The Morgan fingerprint density at radius 2 is 1.81 bits per heavy atom. The topological polar surface area (TPSA) is 12.0 Å². The van der Waals surface area contributed by atoms with Crippen LogP contribution in [0.3, 0.4) is 0 Å². The molecule has 0 amide bonds. The summed E-state index contributed by atoms with van der Waals surface area (Å²) in [5.74, 6) is 1.18. The number of nitrogens with one attached hydrogen (secondary N) is 1. The zero-order valence-electron chi connectivity index (χ0n) is 13.4. The number of fused-ring (bicyclic) bond motifs is 1. The van der Waals surface area contributed by atoms with E-state index in [1.54, 1.807) is 0 Å². The van der Waals surface area contributed by atoms with Crippen molar-refractivity contribution < 1.29 is 0 Å². The van der Waals surface area contributed by atoms with Crippen LogP contribution in [0.15, 0.2) is 42.5 Å². The summed E-state index contributed by atoms with van der Waals surface area (Å²) < 4.78 is 0. The molecule has 0 saturated heterocycles. The van der Waals surface area contributed by atoms with Crippen LogP contribution in [-0.2, 0) is 6.42 Å². The maximum atomic E-state index is 3.72. The van der Waals surface area contributed by atoms with Crippen molar-refractivity contribution in [3.63, 3.8) is 0 Å². The van der Waals surface area contributed by atoms with Crippen LogP contribution >= 0.6 is 11.8 Å². The summed E-state index contributed by atoms with van der Waals surface area (Å²) in [5, 5.41) is 7.16. The van der Waals surface area contributed by atoms with Gasteiger partial charge in [0.1, 0.15) is 0 Å². The second-order valence-corrected chi connectivity index (χ2v) is 7.49. The molecule has 1 nitrogen and oxygen atoms in total. The molecule has 0 radical (unpaired) electrons. The first-order valence-electron chi connectivity index (χ1n) is 8.02. The van der Waals surface area contributed by atoms with Crippen molar-refractivity contribution >= 4 is 22.5 Å². The van der Waals surface area contributed by atoms with Gasteiger partial charge in [-0.1, -0.05) is 63.2 Å². The lowest BCUT2D eigenvalue weighted by atomic mass is 9.99. The lowest BCUT2D eigenvalue weighted by Gasteiger charge is -2.20. The Bertz CT molecular complexity index is 545. The number of hydrogen-bond donors (Lipinski definition) is 1. The van der Waals surface area contributed by atoms with Crippen molar-refractivity contribution in [3.05, 3.63) is 48.0 Å². The first-order chi connectivity index (χ1) is 10.2. The molecule has 0 fully saturated rings. The molecule has 21 heavy (non-hydrogen) atoms. The Hall–Kier alpha value is -0.990. The van der Waals surface area contributed by atoms with Gasteiger partial charge in [-0.2, -0.15) is 11.8 Å². The van der Waals surface area contributed by atoms with Crippen molar-refractivity contribution in [2.24, 2.45) is 0 Å². The van der Waals surface area contributed by atoms with Gasteiger partial charge >= 0.3 is 0 Å². The van der Waals surface area contributed by atoms with Crippen LogP contribution in [0.1, 0.15) is 32.8 Å². The van der Waals surface area contributed by atoms with Crippen molar-refractivity contribution in [3.8, 4) is 0 Å². The summed E-state index contributed by atoms with van der Waals surface area (Å²) in [6.45, 7) is 7.89. The van der Waals surface area contributed by atoms with Crippen LogP contribution in [0.2, 0.25) is 0 Å². The molecule has 0 aliphatic rings. The molecule has 0 heterocycles. The lowest BCUT2D eigenvalue weighted by molar-refractivity contribution is 0.551. The van der Waals surface area contributed by atoms with Gasteiger partial charge in [0.15, 0.2) is 0 Å². The highest BCUT2D eigenvalue weighted by Gasteiger charge is 2.11. The summed E-state index contributed by atoms with van der Waals surface area (Å²) in [7, 11) is 0.